The van der Waals surface area contributed by atoms with E-state index in [0.29, 0.717) is 17.1 Å². The lowest BCUT2D eigenvalue weighted by atomic mass is 9.98. The van der Waals surface area contributed by atoms with Gasteiger partial charge in [-0.25, -0.2) is 9.78 Å². The highest BCUT2D eigenvalue weighted by Crippen LogP contribution is 2.25. The van der Waals surface area contributed by atoms with E-state index in [1.165, 1.54) is 18.7 Å². The number of nitrogens with zero attached hydrogens (tertiary/aromatic N) is 3. The second kappa shape index (κ2) is 8.52. The summed E-state index contributed by atoms with van der Waals surface area (Å²) < 4.78 is 12.9. The summed E-state index contributed by atoms with van der Waals surface area (Å²) >= 11 is 0. The molecule has 0 amide bonds. The number of hydrogen-bond acceptors (Lipinski definition) is 6. The molecule has 2 aromatic heterocycles. The summed E-state index contributed by atoms with van der Waals surface area (Å²) in [6.45, 7) is 1.69. The number of carbonyl (C=O) groups excluding carboxylic acids is 1. The van der Waals surface area contributed by atoms with Crippen LogP contribution in [0.1, 0.15) is 39.0 Å². The van der Waals surface area contributed by atoms with Gasteiger partial charge in [0, 0.05) is 17.8 Å². The molecule has 4 rings (SSSR count). The molecule has 0 bridgehead atoms. The van der Waals surface area contributed by atoms with Crippen LogP contribution in [0.4, 0.5) is 5.69 Å². The van der Waals surface area contributed by atoms with E-state index in [2.05, 4.69) is 4.98 Å². The first-order chi connectivity index (χ1) is 14.5. The Hall–Kier alpha value is -3.42. The molecule has 0 N–H and O–H groups in total. The number of imidazole rings is 1. The van der Waals surface area contributed by atoms with Crippen molar-refractivity contribution >= 4 is 17.3 Å². The van der Waals surface area contributed by atoms with E-state index in [1.807, 2.05) is 12.1 Å². The van der Waals surface area contributed by atoms with E-state index in [4.69, 9.17) is 9.47 Å². The van der Waals surface area contributed by atoms with Crippen LogP contribution >= 0.6 is 0 Å². The minimum atomic E-state index is -0.687. The highest BCUT2D eigenvalue weighted by atomic mass is 16.6. The van der Waals surface area contributed by atoms with Crippen LogP contribution in [0.3, 0.4) is 0 Å². The number of carbonyl (C=O) groups is 1. The molecular formula is C22H23N3O5. The monoisotopic (exact) mass is 409 g/mol. The Morgan fingerprint density at radius 3 is 2.57 bits per heavy atom. The first-order valence-corrected chi connectivity index (χ1v) is 10.1. The molecule has 1 saturated carbocycles. The lowest BCUT2D eigenvalue weighted by molar-refractivity contribution is -0.385. The average molecular weight is 409 g/mol. The van der Waals surface area contributed by atoms with Gasteiger partial charge in [0.05, 0.1) is 16.8 Å². The molecule has 8 nitrogen and oxygen atoms in total. The summed E-state index contributed by atoms with van der Waals surface area (Å²) in [6, 6.07) is 10.3. The van der Waals surface area contributed by atoms with Gasteiger partial charge in [0.15, 0.2) is 6.10 Å². The standard InChI is InChI=1S/C22H23N3O5/c1-15(22(26)30-18-5-3-2-4-6-18)29-19-10-7-16(8-11-19)20-14-24-13-17(25(27)28)9-12-21(24)23-20/h7-15,18H,2-6H2,1H3. The van der Waals surface area contributed by atoms with Crippen molar-refractivity contribution in [3.63, 3.8) is 0 Å². The second-order valence-electron chi connectivity index (χ2n) is 7.52. The van der Waals surface area contributed by atoms with Crippen molar-refractivity contribution in [1.82, 2.24) is 9.38 Å². The van der Waals surface area contributed by atoms with Gasteiger partial charge in [-0.05, 0) is 62.9 Å². The second-order valence-corrected chi connectivity index (χ2v) is 7.52. The van der Waals surface area contributed by atoms with Crippen LogP contribution in [0.5, 0.6) is 5.75 Å². The van der Waals surface area contributed by atoms with E-state index in [1.54, 1.807) is 35.7 Å². The summed E-state index contributed by atoms with van der Waals surface area (Å²) in [5.41, 5.74) is 2.15. The largest absolute Gasteiger partial charge is 0.479 e. The number of esters is 1. The van der Waals surface area contributed by atoms with Gasteiger partial charge in [0.1, 0.15) is 17.5 Å². The van der Waals surface area contributed by atoms with Gasteiger partial charge in [-0.1, -0.05) is 6.42 Å². The van der Waals surface area contributed by atoms with E-state index >= 15 is 0 Å². The molecule has 1 aliphatic rings. The Morgan fingerprint density at radius 2 is 1.87 bits per heavy atom. The van der Waals surface area contributed by atoms with Crippen LogP contribution in [0.15, 0.2) is 48.8 Å². The molecule has 3 aromatic rings. The third-order valence-corrected chi connectivity index (χ3v) is 5.28. The molecule has 156 valence electrons. The summed E-state index contributed by atoms with van der Waals surface area (Å²) in [4.78, 5) is 27.3. The molecule has 1 fully saturated rings. The molecule has 1 aromatic carbocycles. The lowest BCUT2D eigenvalue weighted by Crippen LogP contribution is -2.31. The SMILES string of the molecule is CC(Oc1ccc(-c2cn3cc([N+](=O)[O-])ccc3n2)cc1)C(=O)OC1CCCCC1. The van der Waals surface area contributed by atoms with E-state index < -0.39 is 11.0 Å². The van der Waals surface area contributed by atoms with Crippen LogP contribution in [0.2, 0.25) is 0 Å². The molecule has 2 heterocycles. The average Bonchev–Trinajstić information content (AvgIpc) is 3.18. The van der Waals surface area contributed by atoms with Gasteiger partial charge < -0.3 is 9.47 Å². The fourth-order valence-corrected chi connectivity index (χ4v) is 3.63. The van der Waals surface area contributed by atoms with Crippen LogP contribution < -0.4 is 4.74 Å². The van der Waals surface area contributed by atoms with Gasteiger partial charge in [0.25, 0.3) is 5.69 Å². The Kier molecular flexibility index (Phi) is 5.65. The Morgan fingerprint density at radius 1 is 1.13 bits per heavy atom. The molecular weight excluding hydrogens is 386 g/mol. The quantitative estimate of drug-likeness (QED) is 0.337. The van der Waals surface area contributed by atoms with Gasteiger partial charge in [-0.2, -0.15) is 0 Å². The zero-order chi connectivity index (χ0) is 21.1. The number of fused-ring (bicyclic) bond motifs is 1. The molecule has 1 atom stereocenters. The zero-order valence-electron chi connectivity index (χ0n) is 16.7. The van der Waals surface area contributed by atoms with Crippen molar-refractivity contribution in [3.05, 3.63) is 58.9 Å². The molecule has 1 unspecified atom stereocenters. The molecule has 8 heteroatoms. The Balaban J connectivity index is 1.41. The van der Waals surface area contributed by atoms with Crippen LogP contribution in [-0.2, 0) is 9.53 Å². The maximum Gasteiger partial charge on any atom is 0.347 e. The highest BCUT2D eigenvalue weighted by molar-refractivity contribution is 5.75. The smallest absolute Gasteiger partial charge is 0.347 e. The number of pyridine rings is 1. The molecule has 0 aliphatic heterocycles. The number of hydrogen-bond donors (Lipinski definition) is 0. The number of rotatable bonds is 6. The normalized spacial score (nSPS) is 15.6. The molecule has 30 heavy (non-hydrogen) atoms. The van der Waals surface area contributed by atoms with Crippen molar-refractivity contribution in [2.45, 2.75) is 51.2 Å². The number of nitro groups is 1. The third kappa shape index (κ3) is 4.42. The van der Waals surface area contributed by atoms with E-state index in [0.717, 1.165) is 31.2 Å². The molecule has 0 spiro atoms. The number of aromatic nitrogens is 2. The summed E-state index contributed by atoms with van der Waals surface area (Å²) in [6.07, 6.45) is 7.75. The maximum absolute atomic E-state index is 12.3. The fraction of sp³-hybridized carbons (Fsp3) is 0.364. The van der Waals surface area contributed by atoms with Crippen LogP contribution in [-0.4, -0.2) is 32.5 Å². The Bertz CT molecular complexity index is 1050. The first-order valence-electron chi connectivity index (χ1n) is 10.1. The number of ether oxygens (including phenoxy) is 2. The maximum atomic E-state index is 12.3. The Labute approximate surface area is 173 Å². The van der Waals surface area contributed by atoms with Crippen molar-refractivity contribution in [2.75, 3.05) is 0 Å². The van der Waals surface area contributed by atoms with E-state index in [-0.39, 0.29) is 17.8 Å². The highest BCUT2D eigenvalue weighted by Gasteiger charge is 2.23. The molecule has 1 aliphatic carbocycles. The summed E-state index contributed by atoms with van der Waals surface area (Å²) in [5, 5.41) is 10.9. The van der Waals surface area contributed by atoms with Crippen molar-refractivity contribution < 1.29 is 19.2 Å². The topological polar surface area (TPSA) is 96.0 Å². The molecule has 0 radical (unpaired) electrons. The lowest BCUT2D eigenvalue weighted by Gasteiger charge is -2.23. The summed E-state index contributed by atoms with van der Waals surface area (Å²) in [5.74, 6) is 0.221. The van der Waals surface area contributed by atoms with E-state index in [9.17, 15) is 14.9 Å². The van der Waals surface area contributed by atoms with Crippen LogP contribution in [0.25, 0.3) is 16.9 Å². The minimum absolute atomic E-state index is 0.00398. The minimum Gasteiger partial charge on any atom is -0.479 e. The predicted molar refractivity (Wildman–Crippen MR) is 110 cm³/mol. The van der Waals surface area contributed by atoms with Gasteiger partial charge >= 0.3 is 5.97 Å². The third-order valence-electron chi connectivity index (χ3n) is 5.28. The van der Waals surface area contributed by atoms with Crippen molar-refractivity contribution in [3.8, 4) is 17.0 Å². The van der Waals surface area contributed by atoms with Gasteiger partial charge in [-0.15, -0.1) is 0 Å². The molecule has 0 saturated heterocycles. The van der Waals surface area contributed by atoms with Gasteiger partial charge in [0.2, 0.25) is 0 Å². The van der Waals surface area contributed by atoms with Gasteiger partial charge in [-0.3, -0.25) is 14.5 Å². The van der Waals surface area contributed by atoms with Crippen molar-refractivity contribution in [1.29, 1.82) is 0 Å². The first kappa shape index (κ1) is 19.9. The number of benzene rings is 1. The summed E-state index contributed by atoms with van der Waals surface area (Å²) in [7, 11) is 0. The predicted octanol–water partition coefficient (Wildman–Crippen LogP) is 4.55. The van der Waals surface area contributed by atoms with Crippen LogP contribution in [0, 0.1) is 10.1 Å². The zero-order valence-corrected chi connectivity index (χ0v) is 16.7. The van der Waals surface area contributed by atoms with Crippen molar-refractivity contribution in [2.24, 2.45) is 0 Å². The fourth-order valence-electron chi connectivity index (χ4n) is 3.63.